The minimum absolute atomic E-state index is 0.129. The van der Waals surface area contributed by atoms with Crippen LogP contribution in [0.25, 0.3) is 0 Å². The second-order valence-corrected chi connectivity index (χ2v) is 6.50. The first-order valence-electron chi connectivity index (χ1n) is 8.81. The number of carbonyl (C=O) groups is 2. The molecule has 3 rings (SSSR count). The lowest BCUT2D eigenvalue weighted by Gasteiger charge is -2.15. The molecular formula is C21H23NO4. The van der Waals surface area contributed by atoms with E-state index in [1.165, 1.54) is 0 Å². The van der Waals surface area contributed by atoms with Crippen molar-refractivity contribution >= 4 is 17.6 Å². The molecule has 0 N–H and O–H groups in total. The number of aryl methyl sites for hydroxylation is 2. The topological polar surface area (TPSA) is 55.8 Å². The van der Waals surface area contributed by atoms with Crippen LogP contribution in [0.1, 0.15) is 34.3 Å². The third-order valence-electron chi connectivity index (χ3n) is 4.27. The molecular weight excluding hydrogens is 330 g/mol. The van der Waals surface area contributed by atoms with Gasteiger partial charge in [-0.25, -0.2) is 4.79 Å². The Bertz CT molecular complexity index is 778. The molecule has 2 aromatic rings. The number of nitrogens with zero attached hydrogens (tertiary/aromatic N) is 1. The zero-order valence-electron chi connectivity index (χ0n) is 15.2. The molecule has 0 radical (unpaired) electrons. The van der Waals surface area contributed by atoms with Crippen LogP contribution in [0.4, 0.5) is 5.69 Å². The van der Waals surface area contributed by atoms with E-state index in [4.69, 9.17) is 9.47 Å². The van der Waals surface area contributed by atoms with Gasteiger partial charge in [-0.1, -0.05) is 6.07 Å². The van der Waals surface area contributed by atoms with Gasteiger partial charge < -0.3 is 14.4 Å². The van der Waals surface area contributed by atoms with Gasteiger partial charge in [0.1, 0.15) is 19.0 Å². The standard InChI is InChI=1S/C21H23NO4/c1-15-12-16(2)14-19(13-15)25-10-11-26-21(24)17-5-7-18(8-6-17)22-9-3-4-20(22)23/h5-8,12-14H,3-4,9-11H2,1-2H3. The number of hydrogen-bond acceptors (Lipinski definition) is 4. The molecule has 0 aromatic heterocycles. The van der Waals surface area contributed by atoms with E-state index in [9.17, 15) is 9.59 Å². The second kappa shape index (κ2) is 8.04. The van der Waals surface area contributed by atoms with Gasteiger partial charge in [0.2, 0.25) is 5.91 Å². The lowest BCUT2D eigenvalue weighted by Crippen LogP contribution is -2.23. The predicted molar refractivity (Wildman–Crippen MR) is 99.7 cm³/mol. The SMILES string of the molecule is Cc1cc(C)cc(OCCOC(=O)c2ccc(N3CCCC3=O)cc2)c1. The molecule has 0 atom stereocenters. The maximum Gasteiger partial charge on any atom is 0.338 e. The van der Waals surface area contributed by atoms with Gasteiger partial charge in [-0.15, -0.1) is 0 Å². The van der Waals surface area contributed by atoms with Crippen LogP contribution in [0.15, 0.2) is 42.5 Å². The van der Waals surface area contributed by atoms with E-state index in [0.717, 1.165) is 35.5 Å². The number of anilines is 1. The average Bonchev–Trinajstić information content (AvgIpc) is 3.04. The van der Waals surface area contributed by atoms with E-state index in [0.29, 0.717) is 18.6 Å². The summed E-state index contributed by atoms with van der Waals surface area (Å²) >= 11 is 0. The highest BCUT2D eigenvalue weighted by molar-refractivity contribution is 5.96. The van der Waals surface area contributed by atoms with E-state index in [1.807, 2.05) is 26.0 Å². The van der Waals surface area contributed by atoms with Gasteiger partial charge in [0.25, 0.3) is 0 Å². The molecule has 1 amide bonds. The second-order valence-electron chi connectivity index (χ2n) is 6.50. The largest absolute Gasteiger partial charge is 0.490 e. The van der Waals surface area contributed by atoms with Crippen LogP contribution in [-0.4, -0.2) is 31.6 Å². The molecule has 136 valence electrons. The van der Waals surface area contributed by atoms with Gasteiger partial charge in [-0.05, 0) is 67.8 Å². The van der Waals surface area contributed by atoms with Crippen molar-refractivity contribution in [2.24, 2.45) is 0 Å². The number of hydrogen-bond donors (Lipinski definition) is 0. The molecule has 1 aliphatic heterocycles. The van der Waals surface area contributed by atoms with Crippen molar-refractivity contribution in [1.82, 2.24) is 0 Å². The zero-order valence-corrected chi connectivity index (χ0v) is 15.2. The number of amides is 1. The van der Waals surface area contributed by atoms with Crippen molar-refractivity contribution in [2.75, 3.05) is 24.7 Å². The fraction of sp³-hybridized carbons (Fsp3) is 0.333. The van der Waals surface area contributed by atoms with Gasteiger partial charge >= 0.3 is 5.97 Å². The van der Waals surface area contributed by atoms with E-state index < -0.39 is 5.97 Å². The highest BCUT2D eigenvalue weighted by atomic mass is 16.6. The summed E-state index contributed by atoms with van der Waals surface area (Å²) in [6, 6.07) is 12.9. The van der Waals surface area contributed by atoms with Gasteiger partial charge in [0.15, 0.2) is 0 Å². The monoisotopic (exact) mass is 353 g/mol. The molecule has 1 heterocycles. The van der Waals surface area contributed by atoms with E-state index in [-0.39, 0.29) is 12.5 Å². The molecule has 26 heavy (non-hydrogen) atoms. The first-order chi connectivity index (χ1) is 12.5. The van der Waals surface area contributed by atoms with Gasteiger partial charge in [0.05, 0.1) is 5.56 Å². The highest BCUT2D eigenvalue weighted by Crippen LogP contribution is 2.22. The van der Waals surface area contributed by atoms with Crippen LogP contribution in [-0.2, 0) is 9.53 Å². The number of rotatable bonds is 6. The Morgan fingerprint density at radius 1 is 1.04 bits per heavy atom. The molecule has 0 unspecified atom stereocenters. The Morgan fingerprint density at radius 2 is 1.73 bits per heavy atom. The molecule has 1 fully saturated rings. The predicted octanol–water partition coefficient (Wildman–Crippen LogP) is 3.67. The minimum atomic E-state index is -0.395. The third-order valence-corrected chi connectivity index (χ3v) is 4.27. The van der Waals surface area contributed by atoms with E-state index in [1.54, 1.807) is 29.2 Å². The summed E-state index contributed by atoms with van der Waals surface area (Å²) in [4.78, 5) is 25.6. The van der Waals surface area contributed by atoms with Crippen LogP contribution >= 0.6 is 0 Å². The van der Waals surface area contributed by atoms with Crippen molar-refractivity contribution in [2.45, 2.75) is 26.7 Å². The Morgan fingerprint density at radius 3 is 2.35 bits per heavy atom. The highest BCUT2D eigenvalue weighted by Gasteiger charge is 2.21. The van der Waals surface area contributed by atoms with Crippen molar-refractivity contribution < 1.29 is 19.1 Å². The van der Waals surface area contributed by atoms with Gasteiger partial charge in [-0.2, -0.15) is 0 Å². The molecule has 1 saturated heterocycles. The van der Waals surface area contributed by atoms with Crippen LogP contribution in [0.2, 0.25) is 0 Å². The molecule has 5 heteroatoms. The van der Waals surface area contributed by atoms with Gasteiger partial charge in [0, 0.05) is 18.7 Å². The van der Waals surface area contributed by atoms with Crippen molar-refractivity contribution in [3.8, 4) is 5.75 Å². The summed E-state index contributed by atoms with van der Waals surface area (Å²) in [6.45, 7) is 5.24. The number of esters is 1. The summed E-state index contributed by atoms with van der Waals surface area (Å²) in [5.41, 5.74) is 3.55. The normalized spacial score (nSPS) is 13.8. The third kappa shape index (κ3) is 4.42. The fourth-order valence-corrected chi connectivity index (χ4v) is 3.09. The Balaban J connectivity index is 1.48. The summed E-state index contributed by atoms with van der Waals surface area (Å²) in [7, 11) is 0. The lowest BCUT2D eigenvalue weighted by atomic mass is 10.1. The zero-order chi connectivity index (χ0) is 18.5. The maximum absolute atomic E-state index is 12.1. The molecule has 5 nitrogen and oxygen atoms in total. The Hall–Kier alpha value is -2.82. The smallest absolute Gasteiger partial charge is 0.338 e. The molecule has 0 spiro atoms. The lowest BCUT2D eigenvalue weighted by molar-refractivity contribution is -0.117. The van der Waals surface area contributed by atoms with Crippen LogP contribution in [0.5, 0.6) is 5.75 Å². The quantitative estimate of drug-likeness (QED) is 0.587. The molecule has 0 saturated carbocycles. The molecule has 1 aliphatic rings. The Labute approximate surface area is 153 Å². The van der Waals surface area contributed by atoms with Crippen molar-refractivity contribution in [3.05, 3.63) is 59.2 Å². The summed E-state index contributed by atoms with van der Waals surface area (Å²) < 4.78 is 10.9. The number of carbonyl (C=O) groups excluding carboxylic acids is 2. The fourth-order valence-electron chi connectivity index (χ4n) is 3.09. The van der Waals surface area contributed by atoms with Crippen molar-refractivity contribution in [1.29, 1.82) is 0 Å². The van der Waals surface area contributed by atoms with E-state index >= 15 is 0 Å². The van der Waals surface area contributed by atoms with Crippen LogP contribution in [0.3, 0.4) is 0 Å². The number of benzene rings is 2. The molecule has 0 aliphatic carbocycles. The molecule has 2 aromatic carbocycles. The van der Waals surface area contributed by atoms with E-state index in [2.05, 4.69) is 6.07 Å². The number of ether oxygens (including phenoxy) is 2. The Kier molecular flexibility index (Phi) is 5.56. The first-order valence-corrected chi connectivity index (χ1v) is 8.81. The average molecular weight is 353 g/mol. The summed E-state index contributed by atoms with van der Waals surface area (Å²) in [5, 5.41) is 0. The molecule has 0 bridgehead atoms. The first kappa shape index (κ1) is 18.0. The summed E-state index contributed by atoms with van der Waals surface area (Å²) in [5.74, 6) is 0.510. The van der Waals surface area contributed by atoms with Crippen LogP contribution < -0.4 is 9.64 Å². The van der Waals surface area contributed by atoms with Gasteiger partial charge in [-0.3, -0.25) is 4.79 Å². The maximum atomic E-state index is 12.1. The minimum Gasteiger partial charge on any atom is -0.490 e. The van der Waals surface area contributed by atoms with Crippen molar-refractivity contribution in [3.63, 3.8) is 0 Å². The van der Waals surface area contributed by atoms with Crippen LogP contribution in [0, 0.1) is 13.8 Å². The summed E-state index contributed by atoms with van der Waals surface area (Å²) in [6.07, 6.45) is 1.47.